The number of nitrogens with zero attached hydrogens (tertiary/aromatic N) is 6. The van der Waals surface area contributed by atoms with E-state index in [1.54, 1.807) is 29.6 Å². The molecule has 4 aromatic heterocycles. The zero-order valence-corrected chi connectivity index (χ0v) is 18.5. The summed E-state index contributed by atoms with van der Waals surface area (Å²) in [5.74, 6) is 1.04. The van der Waals surface area contributed by atoms with Gasteiger partial charge in [-0.1, -0.05) is 12.1 Å². The van der Waals surface area contributed by atoms with Crippen LogP contribution < -0.4 is 4.90 Å². The number of anilines is 1. The number of rotatable bonds is 4. The van der Waals surface area contributed by atoms with Crippen LogP contribution in [-0.2, 0) is 4.74 Å². The second-order valence-electron chi connectivity index (χ2n) is 8.22. The average molecular weight is 454 g/mol. The minimum Gasteiger partial charge on any atom is -0.504 e. The molecule has 0 bridgehead atoms. The lowest BCUT2D eigenvalue weighted by atomic mass is 10.1. The van der Waals surface area contributed by atoms with Crippen LogP contribution in [0.4, 0.5) is 5.82 Å². The molecule has 0 atom stereocenters. The predicted molar refractivity (Wildman–Crippen MR) is 127 cm³/mol. The third-order valence-electron chi connectivity index (χ3n) is 5.86. The zero-order valence-electron chi connectivity index (χ0n) is 18.5. The van der Waals surface area contributed by atoms with Crippen molar-refractivity contribution in [2.45, 2.75) is 6.92 Å². The Bertz CT molecular complexity index is 1470. The SMILES string of the molecule is Cc1cccc(-n2cc(O)c(-c3nc(N4CCOCC4)c4ncc(-c5ccoc5)cc4n3)n2)c1. The first-order valence-electron chi connectivity index (χ1n) is 11.0. The Morgan fingerprint density at radius 1 is 1.03 bits per heavy atom. The van der Waals surface area contributed by atoms with Crippen molar-refractivity contribution in [3.8, 4) is 34.1 Å². The number of aromatic hydroxyl groups is 1. The van der Waals surface area contributed by atoms with Gasteiger partial charge in [0.15, 0.2) is 23.1 Å². The van der Waals surface area contributed by atoms with Gasteiger partial charge in [-0.25, -0.2) is 14.6 Å². The molecule has 1 aromatic carbocycles. The van der Waals surface area contributed by atoms with Crippen molar-refractivity contribution in [1.29, 1.82) is 0 Å². The molecular weight excluding hydrogens is 432 g/mol. The van der Waals surface area contributed by atoms with Gasteiger partial charge in [-0.2, -0.15) is 5.10 Å². The van der Waals surface area contributed by atoms with Crippen LogP contribution in [0.1, 0.15) is 5.56 Å². The van der Waals surface area contributed by atoms with E-state index in [0.717, 1.165) is 22.4 Å². The molecule has 170 valence electrons. The third-order valence-corrected chi connectivity index (χ3v) is 5.86. The quantitative estimate of drug-likeness (QED) is 0.435. The first-order chi connectivity index (χ1) is 16.7. The summed E-state index contributed by atoms with van der Waals surface area (Å²) in [6.07, 6.45) is 6.67. The van der Waals surface area contributed by atoms with Crippen LogP contribution in [0.15, 0.2) is 65.7 Å². The van der Waals surface area contributed by atoms with Crippen molar-refractivity contribution in [3.63, 3.8) is 0 Å². The molecule has 1 N–H and O–H groups in total. The van der Waals surface area contributed by atoms with E-state index in [2.05, 4.69) is 10.00 Å². The van der Waals surface area contributed by atoms with Gasteiger partial charge in [0.25, 0.3) is 0 Å². The van der Waals surface area contributed by atoms with E-state index in [1.807, 2.05) is 43.3 Å². The van der Waals surface area contributed by atoms with Gasteiger partial charge < -0.3 is 19.2 Å². The van der Waals surface area contributed by atoms with E-state index >= 15 is 0 Å². The lowest BCUT2D eigenvalue weighted by Gasteiger charge is -2.28. The minimum absolute atomic E-state index is 0.00716. The van der Waals surface area contributed by atoms with Gasteiger partial charge in [0.05, 0.1) is 43.1 Å². The van der Waals surface area contributed by atoms with Gasteiger partial charge in [-0.15, -0.1) is 0 Å². The normalized spacial score (nSPS) is 14.1. The molecule has 0 amide bonds. The average Bonchev–Trinajstić information content (AvgIpc) is 3.54. The van der Waals surface area contributed by atoms with Crippen molar-refractivity contribution in [2.24, 2.45) is 0 Å². The Balaban J connectivity index is 1.51. The second kappa shape index (κ2) is 8.27. The van der Waals surface area contributed by atoms with Gasteiger partial charge >= 0.3 is 0 Å². The van der Waals surface area contributed by atoms with Crippen molar-refractivity contribution < 1.29 is 14.3 Å². The monoisotopic (exact) mass is 454 g/mol. The molecule has 5 aromatic rings. The number of pyridine rings is 1. The van der Waals surface area contributed by atoms with E-state index in [0.29, 0.717) is 54.7 Å². The van der Waals surface area contributed by atoms with E-state index in [9.17, 15) is 5.11 Å². The Kier molecular flexibility index (Phi) is 4.96. The molecule has 0 aliphatic carbocycles. The first kappa shape index (κ1) is 20.4. The van der Waals surface area contributed by atoms with E-state index < -0.39 is 0 Å². The van der Waals surface area contributed by atoms with Crippen molar-refractivity contribution in [1.82, 2.24) is 24.7 Å². The fourth-order valence-electron chi connectivity index (χ4n) is 4.12. The molecule has 0 unspecified atom stereocenters. The van der Waals surface area contributed by atoms with Crippen LogP contribution in [0.3, 0.4) is 0 Å². The molecule has 5 heterocycles. The van der Waals surface area contributed by atoms with E-state index in [1.165, 1.54) is 0 Å². The number of benzene rings is 1. The largest absolute Gasteiger partial charge is 0.504 e. The summed E-state index contributed by atoms with van der Waals surface area (Å²) in [6, 6.07) is 11.7. The van der Waals surface area contributed by atoms with Crippen LogP contribution in [-0.4, -0.2) is 56.1 Å². The number of fused-ring (bicyclic) bond motifs is 1. The Morgan fingerprint density at radius 3 is 2.71 bits per heavy atom. The lowest BCUT2D eigenvalue weighted by molar-refractivity contribution is 0.122. The molecule has 0 saturated carbocycles. The minimum atomic E-state index is 0.00716. The molecule has 9 heteroatoms. The Hall–Kier alpha value is -4.24. The van der Waals surface area contributed by atoms with E-state index in [4.69, 9.17) is 24.1 Å². The highest BCUT2D eigenvalue weighted by atomic mass is 16.5. The van der Waals surface area contributed by atoms with Crippen LogP contribution in [0, 0.1) is 6.92 Å². The van der Waals surface area contributed by atoms with Crippen molar-refractivity contribution in [3.05, 3.63) is 66.9 Å². The second-order valence-corrected chi connectivity index (χ2v) is 8.22. The molecular formula is C25H22N6O3. The molecule has 0 radical (unpaired) electrons. The molecule has 1 aliphatic heterocycles. The lowest BCUT2D eigenvalue weighted by Crippen LogP contribution is -2.37. The molecule has 6 rings (SSSR count). The first-order valence-corrected chi connectivity index (χ1v) is 11.0. The fraction of sp³-hybridized carbons (Fsp3) is 0.200. The summed E-state index contributed by atoms with van der Waals surface area (Å²) < 4.78 is 12.4. The van der Waals surface area contributed by atoms with Crippen molar-refractivity contribution >= 4 is 16.9 Å². The molecule has 1 fully saturated rings. The molecule has 9 nitrogen and oxygen atoms in total. The topological polar surface area (TPSA) is 102 Å². The maximum atomic E-state index is 10.8. The maximum Gasteiger partial charge on any atom is 0.186 e. The Morgan fingerprint density at radius 2 is 1.91 bits per heavy atom. The predicted octanol–water partition coefficient (Wildman–Crippen LogP) is 3.99. The fourth-order valence-corrected chi connectivity index (χ4v) is 4.12. The van der Waals surface area contributed by atoms with Crippen LogP contribution in [0.2, 0.25) is 0 Å². The molecule has 0 spiro atoms. The zero-order chi connectivity index (χ0) is 23.1. The number of aryl methyl sites for hydroxylation is 1. The number of hydrogen-bond donors (Lipinski definition) is 1. The van der Waals surface area contributed by atoms with E-state index in [-0.39, 0.29) is 5.75 Å². The number of furan rings is 1. The number of ether oxygens (including phenoxy) is 1. The summed E-state index contributed by atoms with van der Waals surface area (Å²) in [7, 11) is 0. The van der Waals surface area contributed by atoms with Gasteiger partial charge in [0, 0.05) is 30.4 Å². The van der Waals surface area contributed by atoms with Crippen molar-refractivity contribution in [2.75, 3.05) is 31.2 Å². The number of aromatic nitrogens is 5. The van der Waals surface area contributed by atoms with Crippen LogP contribution in [0.25, 0.3) is 39.4 Å². The summed E-state index contributed by atoms with van der Waals surface area (Å²) in [5, 5.41) is 15.4. The standard InChI is InChI=1S/C25H22N6O3/c1-16-3-2-4-19(11-16)31-14-21(32)23(29-31)24-27-20-12-18(17-5-8-34-15-17)13-26-22(20)25(28-24)30-6-9-33-10-7-30/h2-5,8,11-15,32H,6-7,9-10H2,1H3. The summed E-state index contributed by atoms with van der Waals surface area (Å²) >= 11 is 0. The summed E-state index contributed by atoms with van der Waals surface area (Å²) in [4.78, 5) is 16.4. The maximum absolute atomic E-state index is 10.8. The highest BCUT2D eigenvalue weighted by molar-refractivity contribution is 5.90. The van der Waals surface area contributed by atoms with Crippen LogP contribution in [0.5, 0.6) is 5.75 Å². The highest BCUT2D eigenvalue weighted by Crippen LogP contribution is 2.32. The van der Waals surface area contributed by atoms with Gasteiger partial charge in [0.1, 0.15) is 5.52 Å². The highest BCUT2D eigenvalue weighted by Gasteiger charge is 2.22. The molecule has 1 saturated heterocycles. The smallest absolute Gasteiger partial charge is 0.186 e. The Labute approximate surface area is 195 Å². The van der Waals surface area contributed by atoms with Gasteiger partial charge in [-0.05, 0) is 36.8 Å². The third kappa shape index (κ3) is 3.65. The molecule has 34 heavy (non-hydrogen) atoms. The number of hydrogen-bond acceptors (Lipinski definition) is 8. The summed E-state index contributed by atoms with van der Waals surface area (Å²) in [5.41, 5.74) is 5.40. The molecule has 1 aliphatic rings. The van der Waals surface area contributed by atoms with Gasteiger partial charge in [-0.3, -0.25) is 4.98 Å². The number of morpholine rings is 1. The summed E-state index contributed by atoms with van der Waals surface area (Å²) in [6.45, 7) is 4.63. The van der Waals surface area contributed by atoms with Crippen LogP contribution >= 0.6 is 0 Å². The van der Waals surface area contributed by atoms with Gasteiger partial charge in [0.2, 0.25) is 0 Å².